The number of carbonyl (C=O) groups excluding carboxylic acids is 1. The van der Waals surface area contributed by atoms with E-state index in [0.29, 0.717) is 30.4 Å². The molecule has 160 valence electrons. The minimum absolute atomic E-state index is 0.0137. The first-order valence-corrected chi connectivity index (χ1v) is 12.3. The Balaban J connectivity index is 1.84. The number of amidine groups is 1. The van der Waals surface area contributed by atoms with Crippen LogP contribution in [0, 0.1) is 5.92 Å². The highest BCUT2D eigenvalue weighted by molar-refractivity contribution is 7.90. The fourth-order valence-corrected chi connectivity index (χ4v) is 5.39. The lowest BCUT2D eigenvalue weighted by Crippen LogP contribution is -2.36. The molecule has 3 rings (SSSR count). The van der Waals surface area contributed by atoms with Gasteiger partial charge in [0.25, 0.3) is 15.9 Å². The van der Waals surface area contributed by atoms with Crippen molar-refractivity contribution in [1.82, 2.24) is 5.32 Å². The minimum Gasteiger partial charge on any atom is -0.350 e. The van der Waals surface area contributed by atoms with Gasteiger partial charge in [0.05, 0.1) is 16.3 Å². The number of hydrogen-bond donors (Lipinski definition) is 1. The Bertz CT molecular complexity index is 912. The van der Waals surface area contributed by atoms with Crippen LogP contribution in [0.4, 0.5) is 5.69 Å². The van der Waals surface area contributed by atoms with Gasteiger partial charge in [-0.2, -0.15) is 8.42 Å². The molecule has 1 fully saturated rings. The molecule has 8 heteroatoms. The maximum Gasteiger partial charge on any atom is 0.286 e. The molecule has 1 amide bonds. The van der Waals surface area contributed by atoms with Gasteiger partial charge < -0.3 is 10.2 Å². The summed E-state index contributed by atoms with van der Waals surface area (Å²) in [5, 5.41) is 3.20. The summed E-state index contributed by atoms with van der Waals surface area (Å²) in [4.78, 5) is 14.8. The van der Waals surface area contributed by atoms with Crippen molar-refractivity contribution in [3.63, 3.8) is 0 Å². The molecule has 2 heterocycles. The van der Waals surface area contributed by atoms with Crippen molar-refractivity contribution >= 4 is 39.1 Å². The number of hydrogen-bond acceptors (Lipinski definition) is 4. The van der Waals surface area contributed by atoms with E-state index in [1.165, 1.54) is 6.07 Å². The van der Waals surface area contributed by atoms with E-state index in [1.54, 1.807) is 6.07 Å². The van der Waals surface area contributed by atoms with Crippen molar-refractivity contribution in [1.29, 1.82) is 0 Å². The molecule has 0 aliphatic carbocycles. The molecule has 1 saturated heterocycles. The molecule has 2 aliphatic heterocycles. The molecule has 0 spiro atoms. The number of rotatable bonds is 6. The molecule has 1 aromatic rings. The number of benzene rings is 1. The van der Waals surface area contributed by atoms with Crippen molar-refractivity contribution in [2.45, 2.75) is 76.7 Å². The second-order valence-electron chi connectivity index (χ2n) is 8.44. The predicted molar refractivity (Wildman–Crippen MR) is 118 cm³/mol. The van der Waals surface area contributed by atoms with E-state index in [-0.39, 0.29) is 27.4 Å². The molecular formula is C21H30ClN3O3S. The fraction of sp³-hybridized carbons (Fsp3) is 0.619. The van der Waals surface area contributed by atoms with Crippen LogP contribution in [-0.2, 0) is 10.0 Å². The average molecular weight is 440 g/mol. The number of nitrogens with one attached hydrogen (secondary N) is 1. The van der Waals surface area contributed by atoms with Crippen LogP contribution in [0.2, 0.25) is 5.02 Å². The molecule has 0 aromatic heterocycles. The van der Waals surface area contributed by atoms with E-state index in [1.807, 2.05) is 11.8 Å². The van der Waals surface area contributed by atoms with Crippen LogP contribution < -0.4 is 10.2 Å². The Labute approximate surface area is 178 Å². The summed E-state index contributed by atoms with van der Waals surface area (Å²) in [6.45, 7) is 7.01. The monoisotopic (exact) mass is 439 g/mol. The van der Waals surface area contributed by atoms with Gasteiger partial charge in [-0.05, 0) is 44.2 Å². The Morgan fingerprint density at radius 2 is 1.97 bits per heavy atom. The largest absolute Gasteiger partial charge is 0.350 e. The quantitative estimate of drug-likeness (QED) is 0.692. The zero-order valence-corrected chi connectivity index (χ0v) is 18.9. The first kappa shape index (κ1) is 22.1. The van der Waals surface area contributed by atoms with Crippen molar-refractivity contribution < 1.29 is 13.2 Å². The average Bonchev–Trinajstić information content (AvgIpc) is 2.85. The van der Waals surface area contributed by atoms with E-state index in [0.717, 1.165) is 38.5 Å². The van der Waals surface area contributed by atoms with Gasteiger partial charge in [-0.25, -0.2) is 0 Å². The second-order valence-corrected chi connectivity index (χ2v) is 10.4. The lowest BCUT2D eigenvalue weighted by Gasteiger charge is -2.30. The van der Waals surface area contributed by atoms with Gasteiger partial charge in [-0.1, -0.05) is 44.7 Å². The van der Waals surface area contributed by atoms with Crippen molar-refractivity contribution in [3.05, 3.63) is 22.7 Å². The van der Waals surface area contributed by atoms with Crippen LogP contribution in [0.3, 0.4) is 0 Å². The summed E-state index contributed by atoms with van der Waals surface area (Å²) < 4.78 is 29.6. The second kappa shape index (κ2) is 9.04. The van der Waals surface area contributed by atoms with Crippen molar-refractivity contribution in [2.75, 3.05) is 11.4 Å². The van der Waals surface area contributed by atoms with E-state index >= 15 is 0 Å². The highest BCUT2D eigenvalue weighted by atomic mass is 35.5. The molecular weight excluding hydrogens is 410 g/mol. The third kappa shape index (κ3) is 5.12. The number of nitrogens with zero attached hydrogens (tertiary/aromatic N) is 2. The van der Waals surface area contributed by atoms with Gasteiger partial charge in [-0.3, -0.25) is 4.79 Å². The number of sulfonamides is 1. The molecule has 29 heavy (non-hydrogen) atoms. The van der Waals surface area contributed by atoms with Crippen molar-refractivity contribution in [2.24, 2.45) is 10.3 Å². The maximum absolute atomic E-state index is 12.8. The van der Waals surface area contributed by atoms with Gasteiger partial charge in [0.1, 0.15) is 10.7 Å². The lowest BCUT2D eigenvalue weighted by atomic mass is 10.0. The normalized spacial score (nSPS) is 19.1. The summed E-state index contributed by atoms with van der Waals surface area (Å²) >= 11 is 6.43. The van der Waals surface area contributed by atoms with Crippen LogP contribution in [0.15, 0.2) is 21.4 Å². The Hall–Kier alpha value is -1.60. The van der Waals surface area contributed by atoms with Crippen LogP contribution in [0.5, 0.6) is 0 Å². The molecule has 0 radical (unpaired) electrons. The first-order chi connectivity index (χ1) is 13.7. The number of amides is 1. The molecule has 1 unspecified atom stereocenters. The van der Waals surface area contributed by atoms with Gasteiger partial charge in [-0.15, -0.1) is 4.40 Å². The standard InChI is InChI=1S/C21H30ClN3O3S/c1-14(2)8-7-9-15(3)23-21(26)16-12-19-18(13-17(16)22)25-11-6-4-5-10-20(25)24-29(19,27)28/h12-15H,4-11H2,1-3H3,(H,23,26). The Morgan fingerprint density at radius 3 is 2.69 bits per heavy atom. The number of fused-ring (bicyclic) bond motifs is 3. The third-order valence-corrected chi connectivity index (χ3v) is 7.12. The molecule has 0 saturated carbocycles. The van der Waals surface area contributed by atoms with Gasteiger partial charge in [0.15, 0.2) is 0 Å². The summed E-state index contributed by atoms with van der Waals surface area (Å²) in [5.41, 5.74) is 0.710. The number of anilines is 1. The summed E-state index contributed by atoms with van der Waals surface area (Å²) in [7, 11) is -3.85. The summed E-state index contributed by atoms with van der Waals surface area (Å²) in [6, 6.07) is 2.97. The van der Waals surface area contributed by atoms with Gasteiger partial charge in [0.2, 0.25) is 0 Å². The zero-order chi connectivity index (χ0) is 21.2. The lowest BCUT2D eigenvalue weighted by molar-refractivity contribution is 0.0937. The van der Waals surface area contributed by atoms with E-state index in [9.17, 15) is 13.2 Å². The number of carbonyl (C=O) groups is 1. The SMILES string of the molecule is CC(C)CCCC(C)NC(=O)c1cc2c(cc1Cl)N1CCCCCC1=NS2(=O)=O. The Kier molecular flexibility index (Phi) is 6.89. The molecule has 1 N–H and O–H groups in total. The Morgan fingerprint density at radius 1 is 1.21 bits per heavy atom. The van der Waals surface area contributed by atoms with E-state index < -0.39 is 10.0 Å². The maximum atomic E-state index is 12.8. The third-order valence-electron chi connectivity index (χ3n) is 5.48. The summed E-state index contributed by atoms with van der Waals surface area (Å²) in [5.74, 6) is 0.848. The zero-order valence-electron chi connectivity index (χ0n) is 17.4. The highest BCUT2D eigenvalue weighted by Crippen LogP contribution is 2.37. The molecule has 1 atom stereocenters. The minimum atomic E-state index is -3.85. The fourth-order valence-electron chi connectivity index (χ4n) is 3.88. The molecule has 1 aromatic carbocycles. The van der Waals surface area contributed by atoms with Crippen LogP contribution in [0.25, 0.3) is 0 Å². The predicted octanol–water partition coefficient (Wildman–Crippen LogP) is 4.77. The highest BCUT2D eigenvalue weighted by Gasteiger charge is 2.33. The van der Waals surface area contributed by atoms with Gasteiger partial charge in [0, 0.05) is 19.0 Å². The smallest absolute Gasteiger partial charge is 0.286 e. The first-order valence-electron chi connectivity index (χ1n) is 10.4. The van der Waals surface area contributed by atoms with E-state index in [2.05, 4.69) is 23.6 Å². The topological polar surface area (TPSA) is 78.8 Å². The van der Waals surface area contributed by atoms with Gasteiger partial charge >= 0.3 is 0 Å². The molecule has 0 bridgehead atoms. The van der Waals surface area contributed by atoms with Crippen LogP contribution >= 0.6 is 11.6 Å². The van der Waals surface area contributed by atoms with Crippen molar-refractivity contribution in [3.8, 4) is 0 Å². The molecule has 6 nitrogen and oxygen atoms in total. The van der Waals surface area contributed by atoms with Crippen LogP contribution in [0.1, 0.15) is 76.1 Å². The summed E-state index contributed by atoms with van der Waals surface area (Å²) in [6.07, 6.45) is 6.55. The molecule has 2 aliphatic rings. The van der Waals surface area contributed by atoms with E-state index in [4.69, 9.17) is 11.6 Å². The van der Waals surface area contributed by atoms with Crippen LogP contribution in [-0.4, -0.2) is 32.7 Å². The number of halogens is 1.